The molecular weight excluding hydrogens is 376 g/mol. The minimum absolute atomic E-state index is 0.0678. The van der Waals surface area contributed by atoms with E-state index in [1.54, 1.807) is 0 Å². The number of halogens is 1. The summed E-state index contributed by atoms with van der Waals surface area (Å²) in [5, 5.41) is 2.87. The standard InChI is InChI=1S/C21H15BrN2O/c22-16-6-3-5-14-10-11-24(21(25)20(14)16)19-12-15(19)18-9-8-13-4-1-2-7-17(13)23-18/h1-11,15,19H,12H2. The van der Waals surface area contributed by atoms with Gasteiger partial charge in [-0.05, 0) is 52.0 Å². The molecule has 2 aromatic carbocycles. The predicted molar refractivity (Wildman–Crippen MR) is 104 cm³/mol. The van der Waals surface area contributed by atoms with Gasteiger partial charge in [0.15, 0.2) is 0 Å². The Bertz CT molecular complexity index is 1180. The van der Waals surface area contributed by atoms with E-state index in [4.69, 9.17) is 4.98 Å². The van der Waals surface area contributed by atoms with Gasteiger partial charge in [0.2, 0.25) is 0 Å². The van der Waals surface area contributed by atoms with Crippen LogP contribution >= 0.6 is 15.9 Å². The van der Waals surface area contributed by atoms with Gasteiger partial charge in [0, 0.05) is 33.7 Å². The first-order valence-corrected chi connectivity index (χ1v) is 9.17. The molecule has 1 aliphatic rings. The maximum atomic E-state index is 12.9. The van der Waals surface area contributed by atoms with Crippen LogP contribution in [0.25, 0.3) is 21.7 Å². The molecule has 0 radical (unpaired) electrons. The van der Waals surface area contributed by atoms with Crippen molar-refractivity contribution >= 4 is 37.6 Å². The summed E-state index contributed by atoms with van der Waals surface area (Å²) < 4.78 is 2.72. The van der Waals surface area contributed by atoms with Gasteiger partial charge in [0.1, 0.15) is 0 Å². The highest BCUT2D eigenvalue weighted by atomic mass is 79.9. The Kier molecular flexibility index (Phi) is 3.28. The molecule has 2 unspecified atom stereocenters. The van der Waals surface area contributed by atoms with Gasteiger partial charge in [-0.3, -0.25) is 9.78 Å². The summed E-state index contributed by atoms with van der Waals surface area (Å²) in [7, 11) is 0. The lowest BCUT2D eigenvalue weighted by molar-refractivity contribution is 0.688. The van der Waals surface area contributed by atoms with Gasteiger partial charge in [-0.1, -0.05) is 36.4 Å². The molecule has 2 aromatic heterocycles. The van der Waals surface area contributed by atoms with E-state index in [0.29, 0.717) is 5.92 Å². The zero-order chi connectivity index (χ0) is 17.0. The smallest absolute Gasteiger partial charge is 0.259 e. The Balaban J connectivity index is 1.55. The number of aromatic nitrogens is 2. The summed E-state index contributed by atoms with van der Waals surface area (Å²) in [6.07, 6.45) is 2.88. The summed E-state index contributed by atoms with van der Waals surface area (Å²) in [4.78, 5) is 17.7. The van der Waals surface area contributed by atoms with Crippen LogP contribution in [0.2, 0.25) is 0 Å². The topological polar surface area (TPSA) is 34.9 Å². The van der Waals surface area contributed by atoms with Crippen molar-refractivity contribution in [2.45, 2.75) is 18.4 Å². The highest BCUT2D eigenvalue weighted by Gasteiger charge is 2.41. The second kappa shape index (κ2) is 5.53. The zero-order valence-electron chi connectivity index (χ0n) is 13.4. The van der Waals surface area contributed by atoms with E-state index < -0.39 is 0 Å². The third-order valence-corrected chi connectivity index (χ3v) is 5.68. The van der Waals surface area contributed by atoms with Crippen molar-refractivity contribution in [2.24, 2.45) is 0 Å². The fourth-order valence-electron chi connectivity index (χ4n) is 3.62. The molecule has 0 aliphatic heterocycles. The van der Waals surface area contributed by atoms with Crippen LogP contribution in [-0.2, 0) is 0 Å². The molecule has 0 amide bonds. The van der Waals surface area contributed by atoms with E-state index in [1.165, 1.54) is 0 Å². The van der Waals surface area contributed by atoms with E-state index in [-0.39, 0.29) is 11.6 Å². The summed E-state index contributed by atoms with van der Waals surface area (Å²) >= 11 is 3.51. The summed E-state index contributed by atoms with van der Waals surface area (Å²) in [6.45, 7) is 0. The van der Waals surface area contributed by atoms with Gasteiger partial charge in [0.25, 0.3) is 5.56 Å². The first-order valence-electron chi connectivity index (χ1n) is 8.37. The Labute approximate surface area is 153 Å². The number of hydrogen-bond acceptors (Lipinski definition) is 2. The highest BCUT2D eigenvalue weighted by Crippen LogP contribution is 2.50. The SMILES string of the molecule is O=c1c2c(Br)cccc2ccn1C1CC1c1ccc2ccccc2n1. The van der Waals surface area contributed by atoms with Crippen molar-refractivity contribution < 1.29 is 0 Å². The van der Waals surface area contributed by atoms with Crippen molar-refractivity contribution in [2.75, 3.05) is 0 Å². The van der Waals surface area contributed by atoms with E-state index in [1.807, 2.05) is 53.2 Å². The van der Waals surface area contributed by atoms with Crippen LogP contribution in [0.15, 0.2) is 76.1 Å². The number of pyridine rings is 2. The van der Waals surface area contributed by atoms with Gasteiger partial charge in [-0.15, -0.1) is 0 Å². The minimum Gasteiger partial charge on any atom is -0.311 e. The van der Waals surface area contributed by atoms with Crippen molar-refractivity contribution in [1.82, 2.24) is 9.55 Å². The van der Waals surface area contributed by atoms with Crippen LogP contribution in [0.3, 0.4) is 0 Å². The van der Waals surface area contributed by atoms with Gasteiger partial charge in [-0.25, -0.2) is 0 Å². The van der Waals surface area contributed by atoms with Crippen LogP contribution in [0.1, 0.15) is 24.1 Å². The molecule has 1 fully saturated rings. The Morgan fingerprint density at radius 1 is 0.960 bits per heavy atom. The quantitative estimate of drug-likeness (QED) is 0.480. The Morgan fingerprint density at radius 2 is 1.80 bits per heavy atom. The average Bonchev–Trinajstić information content (AvgIpc) is 3.42. The fraction of sp³-hybridized carbons (Fsp3) is 0.143. The summed E-state index contributed by atoms with van der Waals surface area (Å²) in [6, 6.07) is 20.4. The lowest BCUT2D eigenvalue weighted by atomic mass is 10.1. The van der Waals surface area contributed by atoms with Crippen molar-refractivity contribution in [3.05, 3.63) is 87.4 Å². The molecule has 0 N–H and O–H groups in total. The highest BCUT2D eigenvalue weighted by molar-refractivity contribution is 9.10. The number of fused-ring (bicyclic) bond motifs is 2. The van der Waals surface area contributed by atoms with Gasteiger partial charge >= 0.3 is 0 Å². The summed E-state index contributed by atoms with van der Waals surface area (Å²) in [5.74, 6) is 0.308. The van der Waals surface area contributed by atoms with Crippen LogP contribution < -0.4 is 5.56 Å². The molecule has 2 heterocycles. The largest absolute Gasteiger partial charge is 0.311 e. The van der Waals surface area contributed by atoms with Crippen molar-refractivity contribution in [3.63, 3.8) is 0 Å². The normalized spacial score (nSPS) is 19.4. The van der Waals surface area contributed by atoms with E-state index in [2.05, 4.69) is 34.1 Å². The number of para-hydroxylation sites is 1. The van der Waals surface area contributed by atoms with Gasteiger partial charge in [0.05, 0.1) is 10.9 Å². The lowest BCUT2D eigenvalue weighted by Crippen LogP contribution is -2.19. The molecule has 5 rings (SSSR count). The van der Waals surface area contributed by atoms with Crippen LogP contribution in [-0.4, -0.2) is 9.55 Å². The molecule has 0 saturated heterocycles. The van der Waals surface area contributed by atoms with E-state index >= 15 is 0 Å². The molecule has 1 saturated carbocycles. The fourth-order valence-corrected chi connectivity index (χ4v) is 4.17. The first kappa shape index (κ1) is 14.8. The van der Waals surface area contributed by atoms with Crippen LogP contribution in [0.4, 0.5) is 0 Å². The molecule has 25 heavy (non-hydrogen) atoms. The molecule has 4 heteroatoms. The molecule has 0 bridgehead atoms. The number of nitrogens with zero attached hydrogens (tertiary/aromatic N) is 2. The molecule has 122 valence electrons. The van der Waals surface area contributed by atoms with Gasteiger partial charge in [-0.2, -0.15) is 0 Å². The lowest BCUT2D eigenvalue weighted by Gasteiger charge is -2.08. The van der Waals surface area contributed by atoms with Crippen molar-refractivity contribution in [1.29, 1.82) is 0 Å². The second-order valence-electron chi connectivity index (χ2n) is 6.57. The Hall–Kier alpha value is -2.46. The second-order valence-corrected chi connectivity index (χ2v) is 7.42. The minimum atomic E-state index is 0.0678. The third kappa shape index (κ3) is 2.40. The number of rotatable bonds is 2. The van der Waals surface area contributed by atoms with Crippen LogP contribution in [0.5, 0.6) is 0 Å². The average molecular weight is 391 g/mol. The predicted octanol–water partition coefficient (Wildman–Crippen LogP) is 5.04. The zero-order valence-corrected chi connectivity index (χ0v) is 15.0. The molecule has 1 aliphatic carbocycles. The Morgan fingerprint density at radius 3 is 2.72 bits per heavy atom. The van der Waals surface area contributed by atoms with Crippen LogP contribution in [0, 0.1) is 0 Å². The van der Waals surface area contributed by atoms with Crippen molar-refractivity contribution in [3.8, 4) is 0 Å². The molecular formula is C21H15BrN2O. The molecule has 3 nitrogen and oxygen atoms in total. The van der Waals surface area contributed by atoms with Gasteiger partial charge < -0.3 is 4.57 Å². The summed E-state index contributed by atoms with van der Waals surface area (Å²) in [5.41, 5.74) is 2.15. The number of hydrogen-bond donors (Lipinski definition) is 0. The maximum absolute atomic E-state index is 12.9. The number of benzene rings is 2. The van der Waals surface area contributed by atoms with E-state index in [0.717, 1.165) is 38.3 Å². The molecule has 4 aromatic rings. The van der Waals surface area contributed by atoms with E-state index in [9.17, 15) is 4.79 Å². The monoisotopic (exact) mass is 390 g/mol. The third-order valence-electron chi connectivity index (χ3n) is 5.02. The maximum Gasteiger partial charge on any atom is 0.259 e. The first-order chi connectivity index (χ1) is 12.2. The molecule has 2 atom stereocenters. The molecule has 0 spiro atoms.